The zero-order valence-electron chi connectivity index (χ0n) is 15.8. The lowest BCUT2D eigenvalue weighted by Crippen LogP contribution is -2.24. The molecule has 0 fully saturated rings. The van der Waals surface area contributed by atoms with Crippen LogP contribution < -0.4 is 10.8 Å². The molecular formula is C21H27N3O4. The molecule has 2 rings (SSSR count). The molecule has 28 heavy (non-hydrogen) atoms. The first-order valence-corrected chi connectivity index (χ1v) is 9.49. The second kappa shape index (κ2) is 11.8. The fourth-order valence-electron chi connectivity index (χ4n) is 2.82. The molecule has 4 N–H and O–H groups in total. The Morgan fingerprint density at radius 1 is 1.00 bits per heavy atom. The van der Waals surface area contributed by atoms with Gasteiger partial charge >= 0.3 is 0 Å². The van der Waals surface area contributed by atoms with Gasteiger partial charge < -0.3 is 10.4 Å². The van der Waals surface area contributed by atoms with Crippen LogP contribution in [0.25, 0.3) is 0 Å². The molecule has 0 aliphatic heterocycles. The number of benzene rings is 1. The highest BCUT2D eigenvalue weighted by Crippen LogP contribution is 2.16. The minimum Gasteiger partial charge on any atom is -0.386 e. The van der Waals surface area contributed by atoms with Gasteiger partial charge in [0.15, 0.2) is 0 Å². The first-order valence-electron chi connectivity index (χ1n) is 9.49. The number of hydrogen-bond donors (Lipinski definition) is 4. The van der Waals surface area contributed by atoms with Gasteiger partial charge in [-0.15, -0.1) is 0 Å². The van der Waals surface area contributed by atoms with Gasteiger partial charge in [0.2, 0.25) is 5.91 Å². The van der Waals surface area contributed by atoms with Gasteiger partial charge in [-0.25, -0.2) is 5.48 Å². The SMILES string of the molecule is O=C(CCCCCCNC(=O)c1ccc(CC(O)c2ccccn2)cc1)NO. The lowest BCUT2D eigenvalue weighted by atomic mass is 10.0. The van der Waals surface area contributed by atoms with Crippen LogP contribution in [0.5, 0.6) is 0 Å². The Balaban J connectivity index is 1.68. The minimum atomic E-state index is -0.677. The predicted molar refractivity (Wildman–Crippen MR) is 105 cm³/mol. The third-order valence-electron chi connectivity index (χ3n) is 4.42. The molecule has 2 aromatic rings. The first kappa shape index (κ1) is 21.5. The number of nitrogens with zero attached hydrogens (tertiary/aromatic N) is 1. The van der Waals surface area contributed by atoms with Crippen LogP contribution in [0.15, 0.2) is 48.7 Å². The van der Waals surface area contributed by atoms with E-state index in [1.165, 1.54) is 0 Å². The summed E-state index contributed by atoms with van der Waals surface area (Å²) in [5, 5.41) is 21.5. The molecule has 0 aliphatic carbocycles. The van der Waals surface area contributed by atoms with Crippen LogP contribution in [-0.2, 0) is 11.2 Å². The summed E-state index contributed by atoms with van der Waals surface area (Å²) in [4.78, 5) is 27.2. The molecule has 150 valence electrons. The number of rotatable bonds is 11. The Bertz CT molecular complexity index is 735. The average Bonchev–Trinajstić information content (AvgIpc) is 2.73. The van der Waals surface area contributed by atoms with Crippen LogP contribution in [0.4, 0.5) is 0 Å². The maximum absolute atomic E-state index is 12.2. The highest BCUT2D eigenvalue weighted by molar-refractivity contribution is 5.94. The molecule has 0 saturated heterocycles. The van der Waals surface area contributed by atoms with E-state index in [-0.39, 0.29) is 11.8 Å². The molecule has 0 spiro atoms. The number of pyridine rings is 1. The number of nitrogens with one attached hydrogen (secondary N) is 2. The number of unbranched alkanes of at least 4 members (excludes halogenated alkanes) is 3. The molecule has 0 radical (unpaired) electrons. The van der Waals surface area contributed by atoms with Gasteiger partial charge in [0.05, 0.1) is 11.8 Å². The largest absolute Gasteiger partial charge is 0.386 e. The van der Waals surface area contributed by atoms with Crippen molar-refractivity contribution in [2.24, 2.45) is 0 Å². The van der Waals surface area contributed by atoms with Crippen LogP contribution in [0.2, 0.25) is 0 Å². The Morgan fingerprint density at radius 3 is 2.43 bits per heavy atom. The van der Waals surface area contributed by atoms with Crippen molar-refractivity contribution in [2.75, 3.05) is 6.54 Å². The number of amides is 2. The number of carbonyl (C=O) groups is 2. The fourth-order valence-corrected chi connectivity index (χ4v) is 2.82. The van der Waals surface area contributed by atoms with Gasteiger partial charge in [-0.1, -0.05) is 31.0 Å². The third-order valence-corrected chi connectivity index (χ3v) is 4.42. The Kier molecular flexibility index (Phi) is 9.10. The van der Waals surface area contributed by atoms with Crippen molar-refractivity contribution in [3.8, 4) is 0 Å². The molecule has 0 saturated carbocycles. The Hall–Kier alpha value is -2.77. The number of aliphatic hydroxyl groups excluding tert-OH is 1. The van der Waals surface area contributed by atoms with E-state index in [0.717, 1.165) is 24.8 Å². The molecule has 0 aliphatic rings. The number of carbonyl (C=O) groups excluding carboxylic acids is 2. The summed E-state index contributed by atoms with van der Waals surface area (Å²) in [6, 6.07) is 12.6. The van der Waals surface area contributed by atoms with Crippen molar-refractivity contribution >= 4 is 11.8 Å². The quantitative estimate of drug-likeness (QED) is 0.270. The second-order valence-electron chi connectivity index (χ2n) is 6.63. The molecule has 1 aromatic carbocycles. The van der Waals surface area contributed by atoms with Gasteiger partial charge in [0.1, 0.15) is 0 Å². The van der Waals surface area contributed by atoms with Crippen molar-refractivity contribution < 1.29 is 19.9 Å². The summed E-state index contributed by atoms with van der Waals surface area (Å²) >= 11 is 0. The summed E-state index contributed by atoms with van der Waals surface area (Å²) in [5.74, 6) is -0.499. The Labute approximate surface area is 164 Å². The molecule has 1 unspecified atom stereocenters. The molecule has 7 heteroatoms. The van der Waals surface area contributed by atoms with E-state index in [4.69, 9.17) is 5.21 Å². The first-order chi connectivity index (χ1) is 13.6. The molecule has 1 aromatic heterocycles. The topological polar surface area (TPSA) is 112 Å². The zero-order chi connectivity index (χ0) is 20.2. The van der Waals surface area contributed by atoms with E-state index in [2.05, 4.69) is 10.3 Å². The van der Waals surface area contributed by atoms with E-state index in [1.54, 1.807) is 35.9 Å². The van der Waals surface area contributed by atoms with Gasteiger partial charge in [0.25, 0.3) is 5.91 Å². The predicted octanol–water partition coefficient (Wildman–Crippen LogP) is 2.54. The van der Waals surface area contributed by atoms with Crippen molar-refractivity contribution in [1.29, 1.82) is 0 Å². The summed E-state index contributed by atoms with van der Waals surface area (Å²) in [7, 11) is 0. The van der Waals surface area contributed by atoms with E-state index in [9.17, 15) is 14.7 Å². The van der Waals surface area contributed by atoms with Crippen LogP contribution in [0.3, 0.4) is 0 Å². The van der Waals surface area contributed by atoms with E-state index in [0.29, 0.717) is 37.1 Å². The highest BCUT2D eigenvalue weighted by atomic mass is 16.5. The summed E-state index contributed by atoms with van der Waals surface area (Å²) in [5.41, 5.74) is 3.75. The maximum Gasteiger partial charge on any atom is 0.251 e. The van der Waals surface area contributed by atoms with Crippen LogP contribution >= 0.6 is 0 Å². The summed E-state index contributed by atoms with van der Waals surface area (Å²) in [6.07, 6.45) is 5.05. The standard InChI is InChI=1S/C21H27N3O4/c25-19(18-7-4-6-13-22-18)15-16-9-11-17(12-10-16)21(27)23-14-5-2-1-3-8-20(26)24-28/h4,6-7,9-13,19,25,28H,1-3,5,8,14-15H2,(H,23,27)(H,24,26). The van der Waals surface area contributed by atoms with Gasteiger partial charge in [0, 0.05) is 31.1 Å². The molecule has 2 amide bonds. The third kappa shape index (κ3) is 7.46. The van der Waals surface area contributed by atoms with Gasteiger partial charge in [-0.3, -0.25) is 19.8 Å². The number of aromatic nitrogens is 1. The molecule has 1 atom stereocenters. The number of aliphatic hydroxyl groups is 1. The van der Waals surface area contributed by atoms with E-state index >= 15 is 0 Å². The summed E-state index contributed by atoms with van der Waals surface area (Å²) in [6.45, 7) is 0.575. The van der Waals surface area contributed by atoms with Gasteiger partial charge in [-0.2, -0.15) is 0 Å². The highest BCUT2D eigenvalue weighted by Gasteiger charge is 2.10. The van der Waals surface area contributed by atoms with Crippen molar-refractivity contribution in [2.45, 2.75) is 44.6 Å². The lowest BCUT2D eigenvalue weighted by molar-refractivity contribution is -0.129. The monoisotopic (exact) mass is 385 g/mol. The fraction of sp³-hybridized carbons (Fsp3) is 0.381. The van der Waals surface area contributed by atoms with Crippen molar-refractivity contribution in [3.63, 3.8) is 0 Å². The lowest BCUT2D eigenvalue weighted by Gasteiger charge is -2.10. The molecule has 1 heterocycles. The number of hydroxylamine groups is 1. The zero-order valence-corrected chi connectivity index (χ0v) is 15.8. The molecular weight excluding hydrogens is 358 g/mol. The van der Waals surface area contributed by atoms with E-state index in [1.807, 2.05) is 18.2 Å². The second-order valence-corrected chi connectivity index (χ2v) is 6.63. The van der Waals surface area contributed by atoms with Crippen LogP contribution in [0, 0.1) is 0 Å². The molecule has 0 bridgehead atoms. The smallest absolute Gasteiger partial charge is 0.251 e. The van der Waals surface area contributed by atoms with Gasteiger partial charge in [-0.05, 0) is 42.7 Å². The number of hydrogen-bond acceptors (Lipinski definition) is 5. The van der Waals surface area contributed by atoms with Crippen LogP contribution in [0.1, 0.15) is 59.8 Å². The Morgan fingerprint density at radius 2 is 1.75 bits per heavy atom. The minimum absolute atomic E-state index is 0.128. The maximum atomic E-state index is 12.2. The normalized spacial score (nSPS) is 11.6. The summed E-state index contributed by atoms with van der Waals surface area (Å²) < 4.78 is 0. The average molecular weight is 385 g/mol. The van der Waals surface area contributed by atoms with Crippen molar-refractivity contribution in [1.82, 2.24) is 15.8 Å². The molecule has 7 nitrogen and oxygen atoms in total. The van der Waals surface area contributed by atoms with E-state index < -0.39 is 6.10 Å². The van der Waals surface area contributed by atoms with Crippen molar-refractivity contribution in [3.05, 3.63) is 65.5 Å². The van der Waals surface area contributed by atoms with Crippen LogP contribution in [-0.4, -0.2) is 33.7 Å².